The number of hydrogen-bond acceptors (Lipinski definition) is 3. The number of hydrogen-bond donors (Lipinski definition) is 1. The van der Waals surface area contributed by atoms with E-state index in [1.54, 1.807) is 7.11 Å². The van der Waals surface area contributed by atoms with Crippen LogP contribution < -0.4 is 0 Å². The van der Waals surface area contributed by atoms with Crippen LogP contribution in [0.3, 0.4) is 0 Å². The molecular formula is C14H19NO4. The first-order valence-electron chi connectivity index (χ1n) is 6.16. The van der Waals surface area contributed by atoms with Crippen LogP contribution in [0.5, 0.6) is 0 Å². The van der Waals surface area contributed by atoms with Crippen molar-refractivity contribution in [3.8, 4) is 0 Å². The largest absolute Gasteiger partial charge is 0.481 e. The number of carboxylic acid groups (broad SMARTS) is 1. The zero-order chi connectivity index (χ0) is 14.1. The van der Waals surface area contributed by atoms with Gasteiger partial charge in [0, 0.05) is 20.2 Å². The van der Waals surface area contributed by atoms with Crippen molar-refractivity contribution >= 4 is 11.9 Å². The van der Waals surface area contributed by atoms with E-state index < -0.39 is 5.97 Å². The van der Waals surface area contributed by atoms with Crippen LogP contribution in [0.25, 0.3) is 0 Å². The highest BCUT2D eigenvalue weighted by Gasteiger charge is 2.14. The number of carboxylic acids is 1. The molecule has 0 saturated heterocycles. The number of benzene rings is 1. The smallest absolute Gasteiger partial charge is 0.305 e. The van der Waals surface area contributed by atoms with E-state index in [0.29, 0.717) is 13.2 Å². The predicted octanol–water partition coefficient (Wildman–Crippen LogP) is 1.18. The first kappa shape index (κ1) is 15.2. The average Bonchev–Trinajstić information content (AvgIpc) is 2.39. The minimum atomic E-state index is -0.907. The van der Waals surface area contributed by atoms with Crippen LogP contribution in [0.4, 0.5) is 0 Å². The van der Waals surface area contributed by atoms with Gasteiger partial charge < -0.3 is 14.7 Å². The van der Waals surface area contributed by atoms with Gasteiger partial charge in [0.1, 0.15) is 0 Å². The van der Waals surface area contributed by atoms with Gasteiger partial charge in [-0.15, -0.1) is 0 Å². The van der Waals surface area contributed by atoms with Gasteiger partial charge >= 0.3 is 5.97 Å². The minimum absolute atomic E-state index is 0.0513. The lowest BCUT2D eigenvalue weighted by molar-refractivity contribution is -0.138. The molecule has 0 heterocycles. The third-order valence-corrected chi connectivity index (χ3v) is 2.71. The summed E-state index contributed by atoms with van der Waals surface area (Å²) in [5, 5.41) is 8.69. The van der Waals surface area contributed by atoms with Gasteiger partial charge in [0.05, 0.1) is 19.4 Å². The molecule has 5 nitrogen and oxygen atoms in total. The van der Waals surface area contributed by atoms with Gasteiger partial charge in [-0.2, -0.15) is 0 Å². The molecule has 1 aromatic rings. The summed E-state index contributed by atoms with van der Waals surface area (Å²) in [6, 6.07) is 9.40. The van der Waals surface area contributed by atoms with Crippen molar-refractivity contribution in [2.24, 2.45) is 0 Å². The molecule has 0 radical (unpaired) electrons. The van der Waals surface area contributed by atoms with E-state index in [0.717, 1.165) is 5.56 Å². The molecule has 0 aliphatic rings. The fourth-order valence-corrected chi connectivity index (χ4v) is 1.68. The van der Waals surface area contributed by atoms with E-state index >= 15 is 0 Å². The second-order valence-electron chi connectivity index (χ2n) is 4.18. The summed E-state index contributed by atoms with van der Waals surface area (Å²) in [6.45, 7) is 1.03. The average molecular weight is 265 g/mol. The number of amides is 1. The quantitative estimate of drug-likeness (QED) is 0.766. The van der Waals surface area contributed by atoms with E-state index in [1.807, 2.05) is 30.3 Å². The Morgan fingerprint density at radius 3 is 2.47 bits per heavy atom. The summed E-state index contributed by atoms with van der Waals surface area (Å²) in [7, 11) is 1.55. The number of methoxy groups -OCH3 is 1. The van der Waals surface area contributed by atoms with Crippen molar-refractivity contribution in [1.29, 1.82) is 0 Å². The Labute approximate surface area is 112 Å². The van der Waals surface area contributed by atoms with E-state index in [-0.39, 0.29) is 25.3 Å². The fourth-order valence-electron chi connectivity index (χ4n) is 1.68. The monoisotopic (exact) mass is 265 g/mol. The SMILES string of the molecule is COCCN(CCC(=O)O)C(=O)Cc1ccccc1. The number of nitrogens with zero attached hydrogens (tertiary/aromatic N) is 1. The lowest BCUT2D eigenvalue weighted by Gasteiger charge is -2.21. The van der Waals surface area contributed by atoms with Crippen molar-refractivity contribution in [3.63, 3.8) is 0 Å². The minimum Gasteiger partial charge on any atom is -0.481 e. The van der Waals surface area contributed by atoms with Crippen molar-refractivity contribution in [1.82, 2.24) is 4.90 Å². The van der Waals surface area contributed by atoms with Gasteiger partial charge in [0.25, 0.3) is 0 Å². The topological polar surface area (TPSA) is 66.8 Å². The van der Waals surface area contributed by atoms with Gasteiger partial charge in [-0.3, -0.25) is 9.59 Å². The summed E-state index contributed by atoms with van der Waals surface area (Å²) in [5.74, 6) is -0.987. The van der Waals surface area contributed by atoms with E-state index in [2.05, 4.69) is 0 Å². The zero-order valence-corrected chi connectivity index (χ0v) is 11.0. The molecule has 0 aromatic heterocycles. The van der Waals surface area contributed by atoms with Crippen LogP contribution >= 0.6 is 0 Å². The lowest BCUT2D eigenvalue weighted by atomic mass is 10.1. The maximum atomic E-state index is 12.1. The number of rotatable bonds is 8. The fraction of sp³-hybridized carbons (Fsp3) is 0.429. The Morgan fingerprint density at radius 2 is 1.89 bits per heavy atom. The van der Waals surface area contributed by atoms with Gasteiger partial charge in [-0.25, -0.2) is 0 Å². The maximum Gasteiger partial charge on any atom is 0.305 e. The van der Waals surface area contributed by atoms with E-state index in [9.17, 15) is 9.59 Å². The first-order valence-corrected chi connectivity index (χ1v) is 6.16. The zero-order valence-electron chi connectivity index (χ0n) is 11.0. The maximum absolute atomic E-state index is 12.1. The van der Waals surface area contributed by atoms with Crippen LogP contribution in [0.1, 0.15) is 12.0 Å². The van der Waals surface area contributed by atoms with Crippen LogP contribution in [-0.2, 0) is 20.7 Å². The molecule has 104 valence electrons. The molecule has 19 heavy (non-hydrogen) atoms. The van der Waals surface area contributed by atoms with Crippen LogP contribution in [-0.4, -0.2) is 48.7 Å². The molecular weight excluding hydrogens is 246 g/mol. The van der Waals surface area contributed by atoms with E-state index in [4.69, 9.17) is 9.84 Å². The normalized spacial score (nSPS) is 10.2. The van der Waals surface area contributed by atoms with Crippen LogP contribution in [0.2, 0.25) is 0 Å². The molecule has 1 amide bonds. The molecule has 0 unspecified atom stereocenters. The summed E-state index contributed by atoms with van der Waals surface area (Å²) < 4.78 is 4.94. The number of carbonyl (C=O) groups excluding carboxylic acids is 1. The summed E-state index contributed by atoms with van der Waals surface area (Å²) in [5.41, 5.74) is 0.922. The Kier molecular flexibility index (Phi) is 6.60. The summed E-state index contributed by atoms with van der Waals surface area (Å²) in [6.07, 6.45) is 0.231. The molecule has 0 fully saturated rings. The molecule has 0 atom stereocenters. The molecule has 0 spiro atoms. The second kappa shape index (κ2) is 8.26. The Hall–Kier alpha value is -1.88. The van der Waals surface area contributed by atoms with Gasteiger partial charge in [-0.1, -0.05) is 30.3 Å². The first-order chi connectivity index (χ1) is 9.13. The number of ether oxygens (including phenoxy) is 1. The van der Waals surface area contributed by atoms with Crippen LogP contribution in [0, 0.1) is 0 Å². The lowest BCUT2D eigenvalue weighted by Crippen LogP contribution is -2.36. The molecule has 1 N–H and O–H groups in total. The van der Waals surface area contributed by atoms with Crippen molar-refractivity contribution in [3.05, 3.63) is 35.9 Å². The predicted molar refractivity (Wildman–Crippen MR) is 70.9 cm³/mol. The third kappa shape index (κ3) is 6.01. The highest BCUT2D eigenvalue weighted by molar-refractivity contribution is 5.79. The Morgan fingerprint density at radius 1 is 1.21 bits per heavy atom. The second-order valence-corrected chi connectivity index (χ2v) is 4.18. The van der Waals surface area contributed by atoms with Crippen molar-refractivity contribution < 1.29 is 19.4 Å². The number of aliphatic carboxylic acids is 1. The molecule has 1 aromatic carbocycles. The standard InChI is InChI=1S/C14H19NO4/c1-19-10-9-15(8-7-14(17)18)13(16)11-12-5-3-2-4-6-12/h2-6H,7-11H2,1H3,(H,17,18). The highest BCUT2D eigenvalue weighted by Crippen LogP contribution is 2.04. The van der Waals surface area contributed by atoms with E-state index in [1.165, 1.54) is 4.90 Å². The molecule has 5 heteroatoms. The number of carbonyl (C=O) groups is 2. The van der Waals surface area contributed by atoms with Crippen molar-refractivity contribution in [2.75, 3.05) is 26.8 Å². The highest BCUT2D eigenvalue weighted by atomic mass is 16.5. The molecule has 0 bridgehead atoms. The molecule has 1 rings (SSSR count). The Balaban J connectivity index is 2.57. The van der Waals surface area contributed by atoms with Crippen molar-refractivity contribution in [2.45, 2.75) is 12.8 Å². The van der Waals surface area contributed by atoms with Gasteiger partial charge in [0.15, 0.2) is 0 Å². The molecule has 0 aliphatic carbocycles. The summed E-state index contributed by atoms with van der Waals surface area (Å²) in [4.78, 5) is 24.2. The van der Waals surface area contributed by atoms with Gasteiger partial charge in [-0.05, 0) is 5.56 Å². The molecule has 0 aliphatic heterocycles. The Bertz CT molecular complexity index is 405. The van der Waals surface area contributed by atoms with Gasteiger partial charge in [0.2, 0.25) is 5.91 Å². The summed E-state index contributed by atoms with van der Waals surface area (Å²) >= 11 is 0. The molecule has 0 saturated carbocycles. The third-order valence-electron chi connectivity index (χ3n) is 2.71. The van der Waals surface area contributed by atoms with Crippen LogP contribution in [0.15, 0.2) is 30.3 Å².